The lowest BCUT2D eigenvalue weighted by molar-refractivity contribution is 0.287. The number of phenolic OH excluding ortho intramolecular Hbond substituents is 1. The molecule has 0 atom stereocenters. The van der Waals surface area contributed by atoms with Gasteiger partial charge in [0.2, 0.25) is 0 Å². The van der Waals surface area contributed by atoms with Crippen LogP contribution in [-0.2, 0) is 6.54 Å². The summed E-state index contributed by atoms with van der Waals surface area (Å²) in [6.45, 7) is 8.96. The van der Waals surface area contributed by atoms with E-state index in [2.05, 4.69) is 24.1 Å². The lowest BCUT2D eigenvalue weighted by atomic mass is 10.2. The van der Waals surface area contributed by atoms with Crippen LogP contribution < -0.4 is 5.32 Å². The van der Waals surface area contributed by atoms with Crippen LogP contribution in [0.3, 0.4) is 0 Å². The summed E-state index contributed by atoms with van der Waals surface area (Å²) in [5, 5.41) is 14.0. The Morgan fingerprint density at radius 2 is 1.95 bits per heavy atom. The summed E-state index contributed by atoms with van der Waals surface area (Å²) in [4.78, 5) is 2.39. The maximum Gasteiger partial charge on any atom is 0.138 e. The zero-order valence-corrected chi connectivity index (χ0v) is 13.1. The van der Waals surface area contributed by atoms with Crippen molar-refractivity contribution < 1.29 is 5.11 Å². The number of rotatable bonds is 8. The van der Waals surface area contributed by atoms with Crippen molar-refractivity contribution in [3.05, 3.63) is 27.7 Å². The van der Waals surface area contributed by atoms with E-state index in [0.717, 1.165) is 31.7 Å². The van der Waals surface area contributed by atoms with Gasteiger partial charge in [-0.25, -0.2) is 0 Å². The molecule has 0 saturated heterocycles. The van der Waals surface area contributed by atoms with E-state index in [0.29, 0.717) is 16.6 Å². The number of nitrogens with zero attached hydrogens (tertiary/aromatic N) is 1. The highest BCUT2D eigenvalue weighted by Gasteiger charge is 2.07. The van der Waals surface area contributed by atoms with E-state index >= 15 is 0 Å². The highest BCUT2D eigenvalue weighted by molar-refractivity contribution is 6.35. The lowest BCUT2D eigenvalue weighted by Crippen LogP contribution is -2.32. The number of likely N-dealkylation sites (N-methyl/N-ethyl adjacent to an activating group) is 1. The second-order valence-electron chi connectivity index (χ2n) is 4.51. The molecular weight excluding hydrogens is 283 g/mol. The smallest absolute Gasteiger partial charge is 0.138 e. The molecule has 0 aliphatic heterocycles. The molecule has 0 heterocycles. The molecule has 1 aromatic carbocycles. The van der Waals surface area contributed by atoms with Gasteiger partial charge >= 0.3 is 0 Å². The van der Waals surface area contributed by atoms with E-state index in [4.69, 9.17) is 23.2 Å². The number of halogens is 2. The average Bonchev–Trinajstić information content (AvgIpc) is 2.38. The first-order chi connectivity index (χ1) is 9.08. The number of aromatic hydroxyl groups is 1. The van der Waals surface area contributed by atoms with Gasteiger partial charge in [-0.2, -0.15) is 0 Å². The fourth-order valence-electron chi connectivity index (χ4n) is 1.96. The molecule has 0 amide bonds. The third-order valence-electron chi connectivity index (χ3n) is 3.01. The van der Waals surface area contributed by atoms with Crippen molar-refractivity contribution in [2.24, 2.45) is 0 Å². The molecule has 0 aliphatic carbocycles. The van der Waals surface area contributed by atoms with Gasteiger partial charge in [-0.05, 0) is 31.6 Å². The van der Waals surface area contributed by atoms with Gasteiger partial charge in [0.05, 0.1) is 5.02 Å². The minimum atomic E-state index is 0.111. The number of hydrogen-bond donors (Lipinski definition) is 2. The average molecular weight is 305 g/mol. The first-order valence-electron chi connectivity index (χ1n) is 6.68. The van der Waals surface area contributed by atoms with E-state index < -0.39 is 0 Å². The monoisotopic (exact) mass is 304 g/mol. The molecule has 1 aromatic rings. The largest absolute Gasteiger partial charge is 0.506 e. The molecule has 0 unspecified atom stereocenters. The summed E-state index contributed by atoms with van der Waals surface area (Å²) in [5.74, 6) is 0.111. The molecule has 0 aromatic heterocycles. The first kappa shape index (κ1) is 16.6. The Labute approximate surface area is 125 Å². The van der Waals surface area contributed by atoms with Gasteiger partial charge in [0.25, 0.3) is 0 Å². The van der Waals surface area contributed by atoms with E-state index in [1.54, 1.807) is 12.1 Å². The molecule has 0 saturated carbocycles. The summed E-state index contributed by atoms with van der Waals surface area (Å²) in [6, 6.07) is 3.28. The standard InChI is InChI=1S/C14H22Cl2N2O/c1-3-6-18(4-2)7-5-17-10-11-8-12(15)9-13(16)14(11)19/h8-9,17,19H,3-7,10H2,1-2H3. The Morgan fingerprint density at radius 1 is 1.21 bits per heavy atom. The van der Waals surface area contributed by atoms with Gasteiger partial charge < -0.3 is 15.3 Å². The molecule has 1 rings (SSSR count). The number of nitrogens with one attached hydrogen (secondary N) is 1. The predicted molar refractivity (Wildman–Crippen MR) is 82.2 cm³/mol. The van der Waals surface area contributed by atoms with Crippen LogP contribution in [0, 0.1) is 0 Å². The molecule has 3 nitrogen and oxygen atoms in total. The molecule has 19 heavy (non-hydrogen) atoms. The topological polar surface area (TPSA) is 35.5 Å². The van der Waals surface area contributed by atoms with Crippen LogP contribution in [0.25, 0.3) is 0 Å². The molecule has 108 valence electrons. The van der Waals surface area contributed by atoms with Gasteiger partial charge in [-0.1, -0.05) is 37.0 Å². The van der Waals surface area contributed by atoms with Gasteiger partial charge in [-0.15, -0.1) is 0 Å². The van der Waals surface area contributed by atoms with E-state index in [-0.39, 0.29) is 5.75 Å². The van der Waals surface area contributed by atoms with Crippen LogP contribution in [0.4, 0.5) is 0 Å². The molecule has 0 fully saturated rings. The van der Waals surface area contributed by atoms with Crippen molar-refractivity contribution in [1.82, 2.24) is 10.2 Å². The Bertz CT molecular complexity index is 399. The zero-order valence-electron chi connectivity index (χ0n) is 11.5. The SMILES string of the molecule is CCCN(CC)CCNCc1cc(Cl)cc(Cl)c1O. The van der Waals surface area contributed by atoms with Crippen molar-refractivity contribution in [2.75, 3.05) is 26.2 Å². The van der Waals surface area contributed by atoms with E-state index in [9.17, 15) is 5.11 Å². The Balaban J connectivity index is 2.41. The van der Waals surface area contributed by atoms with Gasteiger partial charge in [-0.3, -0.25) is 0 Å². The minimum Gasteiger partial charge on any atom is -0.506 e. The van der Waals surface area contributed by atoms with E-state index in [1.165, 1.54) is 6.42 Å². The Kier molecular flexibility index (Phi) is 7.54. The maximum atomic E-state index is 9.82. The van der Waals surface area contributed by atoms with Crippen LogP contribution in [0.5, 0.6) is 5.75 Å². The van der Waals surface area contributed by atoms with Crippen LogP contribution in [0.15, 0.2) is 12.1 Å². The molecule has 5 heteroatoms. The summed E-state index contributed by atoms with van der Waals surface area (Å²) in [7, 11) is 0. The molecule has 0 spiro atoms. The second-order valence-corrected chi connectivity index (χ2v) is 5.35. The third-order valence-corrected chi connectivity index (χ3v) is 3.52. The number of benzene rings is 1. The third kappa shape index (κ3) is 5.57. The fraction of sp³-hybridized carbons (Fsp3) is 0.571. The predicted octanol–water partition coefficient (Wildman–Crippen LogP) is 3.52. The lowest BCUT2D eigenvalue weighted by Gasteiger charge is -2.19. The van der Waals surface area contributed by atoms with Gasteiger partial charge in [0.1, 0.15) is 5.75 Å². The normalized spacial score (nSPS) is 11.2. The maximum absolute atomic E-state index is 9.82. The fourth-order valence-corrected chi connectivity index (χ4v) is 2.49. The highest BCUT2D eigenvalue weighted by atomic mass is 35.5. The zero-order chi connectivity index (χ0) is 14.3. The summed E-state index contributed by atoms with van der Waals surface area (Å²) in [5.41, 5.74) is 0.732. The van der Waals surface area contributed by atoms with Gasteiger partial charge in [0.15, 0.2) is 0 Å². The van der Waals surface area contributed by atoms with Crippen LogP contribution in [0.2, 0.25) is 10.0 Å². The molecular formula is C14H22Cl2N2O. The number of hydrogen-bond acceptors (Lipinski definition) is 3. The summed E-state index contributed by atoms with van der Waals surface area (Å²) in [6.07, 6.45) is 1.17. The quantitative estimate of drug-likeness (QED) is 0.721. The minimum absolute atomic E-state index is 0.111. The van der Waals surface area contributed by atoms with Crippen LogP contribution in [0.1, 0.15) is 25.8 Å². The number of phenols is 1. The van der Waals surface area contributed by atoms with Crippen molar-refractivity contribution in [3.63, 3.8) is 0 Å². The second kappa shape index (κ2) is 8.64. The van der Waals surface area contributed by atoms with Crippen molar-refractivity contribution in [1.29, 1.82) is 0 Å². The van der Waals surface area contributed by atoms with Crippen molar-refractivity contribution in [3.8, 4) is 5.75 Å². The molecule has 0 radical (unpaired) electrons. The van der Waals surface area contributed by atoms with Crippen LogP contribution in [-0.4, -0.2) is 36.2 Å². The highest BCUT2D eigenvalue weighted by Crippen LogP contribution is 2.30. The van der Waals surface area contributed by atoms with Crippen molar-refractivity contribution >= 4 is 23.2 Å². The van der Waals surface area contributed by atoms with Crippen molar-refractivity contribution in [2.45, 2.75) is 26.8 Å². The Morgan fingerprint density at radius 3 is 2.58 bits per heavy atom. The first-order valence-corrected chi connectivity index (χ1v) is 7.44. The molecule has 2 N–H and O–H groups in total. The Hall–Kier alpha value is -0.480. The van der Waals surface area contributed by atoms with E-state index in [1.807, 2.05) is 0 Å². The summed E-state index contributed by atoms with van der Waals surface area (Å²) >= 11 is 11.8. The molecule has 0 bridgehead atoms. The molecule has 0 aliphatic rings. The van der Waals surface area contributed by atoms with Crippen LogP contribution >= 0.6 is 23.2 Å². The van der Waals surface area contributed by atoms with Gasteiger partial charge in [0, 0.05) is 30.2 Å². The summed E-state index contributed by atoms with van der Waals surface area (Å²) < 4.78 is 0.